The molecule has 1 fully saturated rings. The summed E-state index contributed by atoms with van der Waals surface area (Å²) in [7, 11) is 0. The van der Waals surface area contributed by atoms with Crippen molar-refractivity contribution in [2.75, 3.05) is 6.61 Å². The van der Waals surface area contributed by atoms with Gasteiger partial charge >= 0.3 is 23.9 Å². The van der Waals surface area contributed by atoms with E-state index in [9.17, 15) is 0 Å². The highest BCUT2D eigenvalue weighted by Crippen LogP contribution is 2.47. The van der Waals surface area contributed by atoms with Crippen molar-refractivity contribution in [2.24, 2.45) is 0 Å². The summed E-state index contributed by atoms with van der Waals surface area (Å²) < 4.78 is 115. The fourth-order valence-electron chi connectivity index (χ4n) is 15.0. The van der Waals surface area contributed by atoms with E-state index in [1.165, 1.54) is 48.5 Å². The minimum Gasteiger partial charge on any atom is -0.485 e. The van der Waals surface area contributed by atoms with Gasteiger partial charge in [-0.2, -0.15) is 0 Å². The molecule has 0 radical (unpaired) electrons. The summed E-state index contributed by atoms with van der Waals surface area (Å²) in [6.07, 6.45) is -8.11. The van der Waals surface area contributed by atoms with Crippen LogP contribution in [-0.2, 0) is 103 Å². The zero-order valence-electron chi connectivity index (χ0n) is 75.3. The zero-order chi connectivity index (χ0) is 94.1. The number of hydrogen-bond donors (Lipinski definition) is 0. The average molecular weight is 1840 g/mol. The summed E-state index contributed by atoms with van der Waals surface area (Å²) >= 11 is 0. The van der Waals surface area contributed by atoms with E-state index in [0.29, 0.717) is 0 Å². The van der Waals surface area contributed by atoms with Crippen LogP contribution in [0.25, 0.3) is 0 Å². The van der Waals surface area contributed by atoms with Crippen LogP contribution in [0.15, 0.2) is 413 Å². The molecule has 0 bridgehead atoms. The van der Waals surface area contributed by atoms with E-state index in [0.717, 1.165) is 66.8 Å². The van der Waals surface area contributed by atoms with Crippen molar-refractivity contribution < 1.29 is 99.7 Å². The first-order valence-corrected chi connectivity index (χ1v) is 45.2. The van der Waals surface area contributed by atoms with E-state index in [1.807, 2.05) is 364 Å². The van der Waals surface area contributed by atoms with Crippen LogP contribution in [-0.4, -0.2) is 55.1 Å². The molecule has 0 unspecified atom stereocenters. The second-order valence-corrected chi connectivity index (χ2v) is 32.3. The molecule has 0 amide bonds. The van der Waals surface area contributed by atoms with Crippen molar-refractivity contribution in [1.82, 2.24) is 0 Å². The molecule has 1 aliphatic heterocycles. The first kappa shape index (κ1) is 92.8. The number of benzene rings is 16. The van der Waals surface area contributed by atoms with E-state index in [1.54, 1.807) is 0 Å². The van der Waals surface area contributed by atoms with Gasteiger partial charge in [-0.25, -0.2) is 19.2 Å². The van der Waals surface area contributed by atoms with Crippen LogP contribution in [0.4, 0.5) is 0 Å². The molecular weight excluding hydrogens is 1740 g/mol. The molecule has 16 aromatic carbocycles. The number of ether oxygens (including phenoxy) is 17. The first-order chi connectivity index (χ1) is 68.0. The van der Waals surface area contributed by atoms with Crippen LogP contribution < -0.4 is 56.8 Å². The Hall–Kier alpha value is -17.0. The second-order valence-electron chi connectivity index (χ2n) is 32.3. The molecule has 4 atom stereocenters. The number of carbonyl (C=O) groups excluding carboxylic acids is 4. The van der Waals surface area contributed by atoms with Crippen LogP contribution in [0.3, 0.4) is 0 Å². The molecular formula is C117H98O21. The molecule has 1 aliphatic rings. The fourth-order valence-corrected chi connectivity index (χ4v) is 15.0. The van der Waals surface area contributed by atoms with Gasteiger partial charge in [0.2, 0.25) is 35.4 Å². The van der Waals surface area contributed by atoms with Crippen LogP contribution in [0.5, 0.6) is 69.0 Å². The van der Waals surface area contributed by atoms with E-state index in [-0.39, 0.29) is 171 Å². The Kier molecular flexibility index (Phi) is 32.0. The molecule has 0 spiro atoms. The Bertz CT molecular complexity index is 5940. The highest BCUT2D eigenvalue weighted by Gasteiger charge is 2.51. The maximum atomic E-state index is 16.6. The molecule has 0 aromatic heterocycles. The highest BCUT2D eigenvalue weighted by atomic mass is 16.7. The van der Waals surface area contributed by atoms with Crippen molar-refractivity contribution in [1.29, 1.82) is 0 Å². The van der Waals surface area contributed by atoms with Gasteiger partial charge in [0, 0.05) is 0 Å². The number of hydrogen-bond acceptors (Lipinski definition) is 21. The predicted molar refractivity (Wildman–Crippen MR) is 518 cm³/mol. The van der Waals surface area contributed by atoms with Crippen molar-refractivity contribution in [3.05, 3.63) is 502 Å². The minimum absolute atomic E-state index is 0.0000821. The summed E-state index contributed by atoms with van der Waals surface area (Å²) in [6, 6.07) is 125. The predicted octanol–water partition coefficient (Wildman–Crippen LogP) is 23.8. The summed E-state index contributed by atoms with van der Waals surface area (Å²) in [4.78, 5) is 65.6. The maximum Gasteiger partial charge on any atom is 0.340 e. The van der Waals surface area contributed by atoms with Gasteiger partial charge in [-0.05, 0) is 115 Å². The summed E-state index contributed by atoms with van der Waals surface area (Å²) in [6.45, 7) is -0.701. The minimum atomic E-state index is -2.15. The van der Waals surface area contributed by atoms with E-state index in [4.69, 9.17) is 80.5 Å². The Morgan fingerprint density at radius 1 is 0.188 bits per heavy atom. The zero-order valence-corrected chi connectivity index (χ0v) is 75.3. The van der Waals surface area contributed by atoms with E-state index >= 15 is 19.2 Å². The van der Waals surface area contributed by atoms with Gasteiger partial charge < -0.3 is 80.5 Å². The Morgan fingerprint density at radius 3 is 0.522 bits per heavy atom. The molecule has 0 saturated carbocycles. The summed E-state index contributed by atoms with van der Waals surface area (Å²) in [5.74, 6) is -3.44. The second kappa shape index (κ2) is 47.5. The van der Waals surface area contributed by atoms with Gasteiger partial charge in [0.25, 0.3) is 0 Å². The van der Waals surface area contributed by atoms with Crippen LogP contribution in [0.2, 0.25) is 0 Å². The Labute approximate surface area is 800 Å². The first-order valence-electron chi connectivity index (χ1n) is 45.2. The van der Waals surface area contributed by atoms with Gasteiger partial charge in [0.05, 0.1) is 28.9 Å². The van der Waals surface area contributed by atoms with Crippen molar-refractivity contribution in [3.8, 4) is 69.0 Å². The van der Waals surface area contributed by atoms with Gasteiger partial charge in [0.1, 0.15) is 79.3 Å². The van der Waals surface area contributed by atoms with Crippen LogP contribution in [0, 0.1) is 0 Å². The lowest BCUT2D eigenvalue weighted by Gasteiger charge is -2.40. The van der Waals surface area contributed by atoms with Crippen molar-refractivity contribution >= 4 is 23.9 Å². The molecule has 21 nitrogen and oxygen atoms in total. The topological polar surface area (TPSA) is 225 Å². The number of carbonyl (C=O) groups is 4. The molecule has 16 aromatic rings. The summed E-state index contributed by atoms with van der Waals surface area (Å²) in [5.41, 5.74) is 8.64. The monoisotopic (exact) mass is 1840 g/mol. The van der Waals surface area contributed by atoms with Crippen molar-refractivity contribution in [3.63, 3.8) is 0 Å². The average Bonchev–Trinajstić information content (AvgIpc) is 0.775. The van der Waals surface area contributed by atoms with Gasteiger partial charge in [-0.1, -0.05) is 364 Å². The summed E-state index contributed by atoms with van der Waals surface area (Å²) in [5, 5.41) is 0. The SMILES string of the molecule is O=C(O[C@@H]1OC[C@@H](OC(=O)c2cc(OCc3ccccc3)c(OCc3ccccc3)c(OCc3ccccc3)c2)[C@@H](OC(=O)c2cc(OCc3ccccc3)c(OCc3ccccc3)c(OCc3ccccc3)c2)[C@H]1OC(=O)c1cc(OCc2ccccc2)c(OCc2ccccc2)c(OCc2ccccc2)c1)c1cc(OCc2ccccc2)c(OCc2ccccc2)c(OCc2ccccc2)c1. The molecule has 692 valence electrons. The van der Waals surface area contributed by atoms with E-state index in [2.05, 4.69) is 0 Å². The lowest BCUT2D eigenvalue weighted by molar-refractivity contribution is -0.250. The number of rotatable bonds is 44. The lowest BCUT2D eigenvalue weighted by Crippen LogP contribution is -2.58. The molecule has 1 saturated heterocycles. The third kappa shape index (κ3) is 26.1. The van der Waals surface area contributed by atoms with E-state index < -0.39 is 55.1 Å². The molecule has 0 N–H and O–H groups in total. The van der Waals surface area contributed by atoms with Crippen molar-refractivity contribution in [2.45, 2.75) is 104 Å². The van der Waals surface area contributed by atoms with Crippen LogP contribution in [0.1, 0.15) is 108 Å². The molecule has 21 heteroatoms. The third-order valence-corrected chi connectivity index (χ3v) is 22.2. The Balaban J connectivity index is 0.827. The quantitative estimate of drug-likeness (QED) is 0.0255. The fraction of sp³-hybridized carbons (Fsp3) is 0.145. The van der Waals surface area contributed by atoms with Gasteiger partial charge in [-0.15, -0.1) is 0 Å². The third-order valence-electron chi connectivity index (χ3n) is 22.2. The number of esters is 4. The molecule has 1 heterocycles. The standard InChI is InChI=1S/C117H98O21/c118-113(94-61-98(122-69-82-37-13-1-14-38-82)107(130-77-90-53-29-9-30-54-90)99(62-94)123-70-83-39-15-2-16-40-83)135-106-81-134-117(138-116(121)97-67-104(128-75-88-49-25-7-26-50-88)110(133-80-93-59-35-12-36-60-93)105(68-97)129-76-89-51-27-8-28-52-89)112(137-115(120)96-65-102(126-73-86-45-21-5-22-46-86)109(132-79-92-57-33-11-34-58-92)103(66-96)127-74-87-47-23-6-24-48-87)111(106)136-114(119)95-63-100(124-71-84-41-17-3-18-42-84)108(131-78-91-55-31-10-32-56-91)101(64-95)125-72-85-43-19-4-20-44-85/h1-68,106,111-112,117H,69-81H2/t106-,111-,112-,117+/m1/s1. The van der Waals surface area contributed by atoms with Crippen LogP contribution >= 0.6 is 0 Å². The highest BCUT2D eigenvalue weighted by molar-refractivity contribution is 5.94. The normalized spacial score (nSPS) is 13.6. The molecule has 0 aliphatic carbocycles. The van der Waals surface area contributed by atoms with Gasteiger partial charge in [0.15, 0.2) is 58.2 Å². The largest absolute Gasteiger partial charge is 0.485 e. The molecule has 138 heavy (non-hydrogen) atoms. The molecule has 17 rings (SSSR count). The lowest BCUT2D eigenvalue weighted by atomic mass is 10.0. The van der Waals surface area contributed by atoms with Gasteiger partial charge in [-0.3, -0.25) is 0 Å². The maximum absolute atomic E-state index is 16.6. The smallest absolute Gasteiger partial charge is 0.340 e. The Morgan fingerprint density at radius 2 is 0.341 bits per heavy atom.